The van der Waals surface area contributed by atoms with Crippen molar-refractivity contribution in [3.63, 3.8) is 0 Å². The SMILES string of the molecule is COc1cccc([C@@H]2OC(c3ccc(OCCCO)cc3)=N[C@]2(Cc2ccc(Br)cc2)C(=O)NNCc2cccc(F)c2)c1. The second-order valence-corrected chi connectivity index (χ2v) is 11.2. The van der Waals surface area contributed by atoms with E-state index in [4.69, 9.17) is 24.3 Å². The molecule has 2 atom stereocenters. The predicted octanol–water partition coefficient (Wildman–Crippen LogP) is 5.68. The summed E-state index contributed by atoms with van der Waals surface area (Å²) in [6.07, 6.45) is -0.0601. The van der Waals surface area contributed by atoms with Crippen LogP contribution in [0.4, 0.5) is 4.39 Å². The summed E-state index contributed by atoms with van der Waals surface area (Å²) in [6, 6.07) is 28.5. The summed E-state index contributed by atoms with van der Waals surface area (Å²) in [5.41, 5.74) is 7.28. The van der Waals surface area contributed by atoms with Crippen LogP contribution in [0.2, 0.25) is 0 Å². The highest BCUT2D eigenvalue weighted by Gasteiger charge is 2.53. The van der Waals surface area contributed by atoms with Crippen LogP contribution >= 0.6 is 15.9 Å². The Morgan fingerprint density at radius 1 is 1.00 bits per heavy atom. The van der Waals surface area contributed by atoms with Crippen LogP contribution in [-0.2, 0) is 22.5 Å². The number of nitrogens with one attached hydrogen (secondary N) is 2. The molecule has 0 aromatic heterocycles. The van der Waals surface area contributed by atoms with Crippen LogP contribution in [0.3, 0.4) is 0 Å². The Bertz CT molecular complexity index is 1600. The van der Waals surface area contributed by atoms with Gasteiger partial charge in [0.25, 0.3) is 5.91 Å². The van der Waals surface area contributed by atoms with E-state index in [9.17, 15) is 9.18 Å². The molecule has 0 unspecified atom stereocenters. The molecule has 10 heteroatoms. The van der Waals surface area contributed by atoms with E-state index < -0.39 is 17.6 Å². The molecule has 0 fully saturated rings. The molecular formula is C34H33BrFN3O5. The topological polar surface area (TPSA) is 101 Å². The fourth-order valence-electron chi connectivity index (χ4n) is 4.98. The third-order valence-electron chi connectivity index (χ3n) is 7.20. The number of hydrogen-bond donors (Lipinski definition) is 3. The van der Waals surface area contributed by atoms with Crippen LogP contribution in [0.15, 0.2) is 107 Å². The molecule has 1 heterocycles. The van der Waals surface area contributed by atoms with Crippen molar-refractivity contribution >= 4 is 27.7 Å². The maximum absolute atomic E-state index is 14.3. The Morgan fingerprint density at radius 2 is 1.77 bits per heavy atom. The standard InChI is InChI=1S/C34H33BrFN3O5/c1-42-30-8-3-6-26(20-30)31-34(21-23-9-13-27(35)14-10-23,33(41)39-37-22-24-5-2-7-28(36)19-24)38-32(44-31)25-11-15-29(16-12-25)43-18-4-17-40/h2-3,5-16,19-20,31,37,40H,4,17-18,21-22H2,1H3,(H,39,41)/t31-,34-/m0/s1. The third-order valence-corrected chi connectivity index (χ3v) is 7.73. The van der Waals surface area contributed by atoms with E-state index in [1.165, 1.54) is 12.1 Å². The molecule has 0 radical (unpaired) electrons. The second kappa shape index (κ2) is 14.5. The number of rotatable bonds is 13. The fraction of sp³-hybridized carbons (Fsp3) is 0.235. The van der Waals surface area contributed by atoms with Gasteiger partial charge in [0.05, 0.1) is 13.7 Å². The number of halogens is 2. The summed E-state index contributed by atoms with van der Waals surface area (Å²) < 4.78 is 32.4. The fourth-order valence-corrected chi connectivity index (χ4v) is 5.25. The van der Waals surface area contributed by atoms with E-state index >= 15 is 0 Å². The minimum absolute atomic E-state index is 0.0496. The number of nitrogens with zero attached hydrogens (tertiary/aromatic N) is 1. The molecule has 4 aromatic rings. The number of carbonyl (C=O) groups is 1. The Hall–Kier alpha value is -4.25. The molecule has 1 amide bonds. The van der Waals surface area contributed by atoms with Gasteiger partial charge in [0.2, 0.25) is 5.90 Å². The molecule has 1 aliphatic heterocycles. The van der Waals surface area contributed by atoms with Crippen molar-refractivity contribution in [2.75, 3.05) is 20.3 Å². The quantitative estimate of drug-likeness (QED) is 0.126. The average Bonchev–Trinajstić information content (AvgIpc) is 3.43. The van der Waals surface area contributed by atoms with Crippen molar-refractivity contribution < 1.29 is 28.5 Å². The highest BCUT2D eigenvalue weighted by Crippen LogP contribution is 2.43. The molecule has 0 spiro atoms. The molecule has 0 bridgehead atoms. The van der Waals surface area contributed by atoms with Crippen LogP contribution in [0.1, 0.15) is 34.8 Å². The molecule has 44 heavy (non-hydrogen) atoms. The van der Waals surface area contributed by atoms with Crippen molar-refractivity contribution in [1.29, 1.82) is 0 Å². The van der Waals surface area contributed by atoms with Gasteiger partial charge in [-0.1, -0.05) is 52.3 Å². The number of methoxy groups -OCH3 is 1. The Kier molecular flexibility index (Phi) is 10.3. The van der Waals surface area contributed by atoms with Gasteiger partial charge in [0.1, 0.15) is 17.3 Å². The minimum atomic E-state index is -1.43. The Morgan fingerprint density at radius 3 is 2.50 bits per heavy atom. The summed E-state index contributed by atoms with van der Waals surface area (Å²) in [4.78, 5) is 19.3. The largest absolute Gasteiger partial charge is 0.497 e. The highest BCUT2D eigenvalue weighted by atomic mass is 79.9. The molecule has 3 N–H and O–H groups in total. The third kappa shape index (κ3) is 7.45. The molecule has 4 aromatic carbocycles. The number of benzene rings is 4. The first-order valence-corrected chi connectivity index (χ1v) is 15.0. The number of carbonyl (C=O) groups excluding carboxylic acids is 1. The highest BCUT2D eigenvalue weighted by molar-refractivity contribution is 9.10. The summed E-state index contributed by atoms with van der Waals surface area (Å²) in [5, 5.41) is 9.05. The number of hydrogen-bond acceptors (Lipinski definition) is 7. The van der Waals surface area contributed by atoms with Crippen LogP contribution < -0.4 is 20.3 Å². The number of ether oxygens (including phenoxy) is 3. The van der Waals surface area contributed by atoms with E-state index in [0.717, 1.165) is 10.0 Å². The lowest BCUT2D eigenvalue weighted by Gasteiger charge is -2.31. The van der Waals surface area contributed by atoms with Gasteiger partial charge in [-0.3, -0.25) is 10.2 Å². The second-order valence-electron chi connectivity index (χ2n) is 10.3. The van der Waals surface area contributed by atoms with E-state index in [1.807, 2.05) is 60.7 Å². The lowest BCUT2D eigenvalue weighted by molar-refractivity contribution is -0.130. The number of aliphatic hydroxyl groups is 1. The van der Waals surface area contributed by atoms with Crippen molar-refractivity contribution in [2.24, 2.45) is 4.99 Å². The van der Waals surface area contributed by atoms with Crippen LogP contribution in [0, 0.1) is 5.82 Å². The van der Waals surface area contributed by atoms with Crippen molar-refractivity contribution in [2.45, 2.75) is 31.0 Å². The van der Waals surface area contributed by atoms with Crippen molar-refractivity contribution in [1.82, 2.24) is 10.9 Å². The lowest BCUT2D eigenvalue weighted by atomic mass is 9.82. The van der Waals surface area contributed by atoms with Gasteiger partial charge < -0.3 is 19.3 Å². The van der Waals surface area contributed by atoms with Gasteiger partial charge >= 0.3 is 0 Å². The molecule has 8 nitrogen and oxygen atoms in total. The molecule has 0 saturated heterocycles. The first-order valence-electron chi connectivity index (χ1n) is 14.2. The van der Waals surface area contributed by atoms with Crippen molar-refractivity contribution in [3.05, 3.63) is 130 Å². The molecular weight excluding hydrogens is 629 g/mol. The van der Waals surface area contributed by atoms with Gasteiger partial charge in [-0.2, -0.15) is 0 Å². The molecule has 1 aliphatic rings. The molecule has 5 rings (SSSR count). The maximum Gasteiger partial charge on any atom is 0.266 e. The van der Waals surface area contributed by atoms with Gasteiger partial charge in [0, 0.05) is 36.0 Å². The number of hydrazine groups is 1. The van der Waals surface area contributed by atoms with Gasteiger partial charge in [0.15, 0.2) is 11.6 Å². The average molecular weight is 663 g/mol. The van der Waals surface area contributed by atoms with E-state index in [1.54, 1.807) is 31.4 Å². The minimum Gasteiger partial charge on any atom is -0.497 e. The summed E-state index contributed by atoms with van der Waals surface area (Å²) in [5.74, 6) is 0.793. The van der Waals surface area contributed by atoms with Crippen molar-refractivity contribution in [3.8, 4) is 11.5 Å². The van der Waals surface area contributed by atoms with Gasteiger partial charge in [-0.25, -0.2) is 14.8 Å². The van der Waals surface area contributed by atoms with Gasteiger partial charge in [-0.15, -0.1) is 0 Å². The Labute approximate surface area is 264 Å². The zero-order valence-corrected chi connectivity index (χ0v) is 25.7. The summed E-state index contributed by atoms with van der Waals surface area (Å²) in [7, 11) is 1.58. The van der Waals surface area contributed by atoms with E-state index in [2.05, 4.69) is 26.8 Å². The Balaban J connectivity index is 1.52. The molecule has 0 saturated carbocycles. The summed E-state index contributed by atoms with van der Waals surface area (Å²) >= 11 is 3.49. The monoisotopic (exact) mass is 661 g/mol. The molecule has 228 valence electrons. The lowest BCUT2D eigenvalue weighted by Crippen LogP contribution is -2.53. The van der Waals surface area contributed by atoms with E-state index in [0.29, 0.717) is 47.1 Å². The van der Waals surface area contributed by atoms with Crippen LogP contribution in [-0.4, -0.2) is 42.8 Å². The first kappa shape index (κ1) is 31.2. The molecule has 0 aliphatic carbocycles. The predicted molar refractivity (Wildman–Crippen MR) is 169 cm³/mol. The number of amides is 1. The zero-order valence-electron chi connectivity index (χ0n) is 24.1. The maximum atomic E-state index is 14.3. The normalized spacial score (nSPS) is 17.5. The van der Waals surface area contributed by atoms with Crippen LogP contribution in [0.5, 0.6) is 11.5 Å². The number of aliphatic imine (C=N–C) groups is 1. The number of aliphatic hydroxyl groups excluding tert-OH is 1. The first-order chi connectivity index (χ1) is 21.4. The summed E-state index contributed by atoms with van der Waals surface area (Å²) in [6.45, 7) is 0.648. The zero-order chi connectivity index (χ0) is 30.9. The van der Waals surface area contributed by atoms with E-state index in [-0.39, 0.29) is 25.4 Å². The smallest absolute Gasteiger partial charge is 0.266 e. The van der Waals surface area contributed by atoms with Gasteiger partial charge in [-0.05, 0) is 77.4 Å². The van der Waals surface area contributed by atoms with Crippen LogP contribution in [0.25, 0.3) is 0 Å².